The molecule has 0 atom stereocenters. The van der Waals surface area contributed by atoms with Crippen LogP contribution in [-0.2, 0) is 26.0 Å². The van der Waals surface area contributed by atoms with E-state index in [9.17, 15) is 18.0 Å². The van der Waals surface area contributed by atoms with Crippen LogP contribution in [0.25, 0.3) is 0 Å². The number of hydrogen-bond acceptors (Lipinski definition) is 4. The molecule has 0 unspecified atom stereocenters. The molecule has 1 amide bonds. The molecular weight excluding hydrogens is 282 g/mol. The Bertz CT molecular complexity index is 568. The van der Waals surface area contributed by atoms with Gasteiger partial charge in [-0.1, -0.05) is 30.3 Å². The number of nitrogens with zero attached hydrogens (tertiary/aromatic N) is 1. The molecule has 0 fully saturated rings. The Kier molecular flexibility index (Phi) is 5.69. The fourth-order valence-electron chi connectivity index (χ4n) is 1.56. The number of amides is 1. The molecule has 0 aliphatic heterocycles. The number of carboxylic acid groups (broad SMARTS) is 1. The maximum Gasteiger partial charge on any atom is 0.304 e. The van der Waals surface area contributed by atoms with Crippen molar-refractivity contribution in [1.29, 1.82) is 0 Å². The third-order valence-electron chi connectivity index (χ3n) is 2.66. The second-order valence-electron chi connectivity index (χ2n) is 4.47. The van der Waals surface area contributed by atoms with Crippen LogP contribution >= 0.6 is 0 Å². The van der Waals surface area contributed by atoms with Gasteiger partial charge >= 0.3 is 5.97 Å². The van der Waals surface area contributed by atoms with Crippen molar-refractivity contribution in [2.45, 2.75) is 13.0 Å². The molecule has 0 aliphatic carbocycles. The summed E-state index contributed by atoms with van der Waals surface area (Å²) >= 11 is 0. The summed E-state index contributed by atoms with van der Waals surface area (Å²) in [5.74, 6) is -2.92. The maximum absolute atomic E-state index is 11.8. The Hall–Kier alpha value is -1.89. The summed E-state index contributed by atoms with van der Waals surface area (Å²) in [5.41, 5.74) is 0.895. The molecule has 0 saturated heterocycles. The summed E-state index contributed by atoms with van der Waals surface area (Å²) in [4.78, 5) is 23.5. The zero-order valence-electron chi connectivity index (χ0n) is 11.2. The van der Waals surface area contributed by atoms with E-state index in [1.54, 1.807) is 0 Å². The third kappa shape index (κ3) is 5.83. The van der Waals surface area contributed by atoms with Crippen molar-refractivity contribution in [3.8, 4) is 0 Å². The van der Waals surface area contributed by atoms with E-state index in [1.807, 2.05) is 30.3 Å². The predicted molar refractivity (Wildman–Crippen MR) is 73.8 cm³/mol. The van der Waals surface area contributed by atoms with Gasteiger partial charge < -0.3 is 10.0 Å². The minimum atomic E-state index is -3.69. The average molecular weight is 299 g/mol. The van der Waals surface area contributed by atoms with Crippen molar-refractivity contribution in [3.63, 3.8) is 0 Å². The number of benzene rings is 1. The smallest absolute Gasteiger partial charge is 0.304 e. The lowest BCUT2D eigenvalue weighted by Gasteiger charge is -2.17. The van der Waals surface area contributed by atoms with E-state index in [1.165, 1.54) is 11.9 Å². The number of rotatable bonds is 7. The number of carbonyl (C=O) groups is 2. The fraction of sp³-hybridized carbons (Fsp3) is 0.385. The number of carboxylic acids is 1. The summed E-state index contributed by atoms with van der Waals surface area (Å²) in [6.45, 7) is 0.314. The van der Waals surface area contributed by atoms with Gasteiger partial charge in [0.05, 0.1) is 12.2 Å². The van der Waals surface area contributed by atoms with E-state index in [4.69, 9.17) is 5.11 Å². The van der Waals surface area contributed by atoms with Crippen molar-refractivity contribution >= 4 is 21.7 Å². The molecule has 6 nitrogen and oxygen atoms in total. The highest BCUT2D eigenvalue weighted by Crippen LogP contribution is 2.04. The molecule has 0 radical (unpaired) electrons. The van der Waals surface area contributed by atoms with E-state index < -0.39 is 39.6 Å². The Balaban J connectivity index is 2.55. The average Bonchev–Trinajstić information content (AvgIpc) is 2.37. The Morgan fingerprint density at radius 3 is 2.35 bits per heavy atom. The van der Waals surface area contributed by atoms with Gasteiger partial charge in [-0.3, -0.25) is 9.59 Å². The Morgan fingerprint density at radius 2 is 1.80 bits per heavy atom. The number of carbonyl (C=O) groups excluding carboxylic acids is 1. The van der Waals surface area contributed by atoms with E-state index in [-0.39, 0.29) is 0 Å². The van der Waals surface area contributed by atoms with Gasteiger partial charge in [-0.05, 0) is 5.56 Å². The normalized spacial score (nSPS) is 11.1. The summed E-state index contributed by atoms with van der Waals surface area (Å²) in [7, 11) is -2.17. The molecule has 20 heavy (non-hydrogen) atoms. The van der Waals surface area contributed by atoms with Crippen molar-refractivity contribution in [1.82, 2.24) is 4.90 Å². The van der Waals surface area contributed by atoms with Gasteiger partial charge in [0.1, 0.15) is 5.75 Å². The molecule has 0 bridgehead atoms. The van der Waals surface area contributed by atoms with Crippen molar-refractivity contribution in [2.24, 2.45) is 0 Å². The van der Waals surface area contributed by atoms with Crippen molar-refractivity contribution in [2.75, 3.05) is 18.6 Å². The molecule has 7 heteroatoms. The molecule has 1 aromatic carbocycles. The summed E-state index contributed by atoms with van der Waals surface area (Å²) in [6.07, 6.45) is -0.488. The molecule has 1 N–H and O–H groups in total. The minimum absolute atomic E-state index is 0.314. The summed E-state index contributed by atoms with van der Waals surface area (Å²) in [5, 5.41) is 8.46. The first kappa shape index (κ1) is 16.2. The maximum atomic E-state index is 11.8. The molecule has 0 aromatic heterocycles. The van der Waals surface area contributed by atoms with Crippen LogP contribution in [0, 0.1) is 0 Å². The van der Waals surface area contributed by atoms with Gasteiger partial charge in [-0.2, -0.15) is 0 Å². The molecule has 110 valence electrons. The largest absolute Gasteiger partial charge is 0.481 e. The fourth-order valence-corrected chi connectivity index (χ4v) is 2.79. The predicted octanol–water partition coefficient (Wildman–Crippen LogP) is 0.534. The molecular formula is C13H17NO5S. The first-order chi connectivity index (χ1) is 9.30. The Labute approximate surface area is 117 Å². The van der Waals surface area contributed by atoms with Crippen LogP contribution in [0.1, 0.15) is 12.0 Å². The zero-order chi connectivity index (χ0) is 15.2. The summed E-state index contributed by atoms with van der Waals surface area (Å²) < 4.78 is 23.2. The van der Waals surface area contributed by atoms with Gasteiger partial charge in [-0.15, -0.1) is 0 Å². The lowest BCUT2D eigenvalue weighted by atomic mass is 10.2. The lowest BCUT2D eigenvalue weighted by molar-refractivity contribution is -0.136. The van der Waals surface area contributed by atoms with Crippen LogP contribution in [0.5, 0.6) is 0 Å². The zero-order valence-corrected chi connectivity index (χ0v) is 12.0. The van der Waals surface area contributed by atoms with Gasteiger partial charge in [-0.25, -0.2) is 8.42 Å². The molecule has 1 rings (SSSR count). The standard InChI is InChI=1S/C13H17NO5S/c1-14(9-11-5-3-2-4-6-11)12(15)10-20(18,19)8-7-13(16)17/h2-6H,7-10H2,1H3,(H,16,17). The van der Waals surface area contributed by atoms with E-state index in [2.05, 4.69) is 0 Å². The van der Waals surface area contributed by atoms with E-state index in [0.717, 1.165) is 5.56 Å². The highest BCUT2D eigenvalue weighted by atomic mass is 32.2. The number of aliphatic carboxylic acids is 1. The van der Waals surface area contributed by atoms with Crippen molar-refractivity contribution < 1.29 is 23.1 Å². The van der Waals surface area contributed by atoms with E-state index >= 15 is 0 Å². The highest BCUT2D eigenvalue weighted by molar-refractivity contribution is 7.92. The molecule has 0 aliphatic rings. The number of hydrogen-bond donors (Lipinski definition) is 1. The topological polar surface area (TPSA) is 91.8 Å². The quantitative estimate of drug-likeness (QED) is 0.793. The lowest BCUT2D eigenvalue weighted by Crippen LogP contribution is -2.33. The van der Waals surface area contributed by atoms with Gasteiger partial charge in [0.15, 0.2) is 9.84 Å². The highest BCUT2D eigenvalue weighted by Gasteiger charge is 2.20. The van der Waals surface area contributed by atoms with Crippen LogP contribution in [-0.4, -0.2) is 48.9 Å². The van der Waals surface area contributed by atoms with Crippen LogP contribution in [0.3, 0.4) is 0 Å². The molecule has 0 spiro atoms. The van der Waals surface area contributed by atoms with Gasteiger partial charge in [0.2, 0.25) is 5.91 Å². The second kappa shape index (κ2) is 7.04. The van der Waals surface area contributed by atoms with Crippen LogP contribution in [0.4, 0.5) is 0 Å². The van der Waals surface area contributed by atoms with Crippen LogP contribution in [0.15, 0.2) is 30.3 Å². The third-order valence-corrected chi connectivity index (χ3v) is 4.17. The van der Waals surface area contributed by atoms with E-state index in [0.29, 0.717) is 6.54 Å². The molecule has 1 aromatic rings. The summed E-state index contributed by atoms with van der Waals surface area (Å²) in [6, 6.07) is 9.18. The first-order valence-corrected chi connectivity index (χ1v) is 7.82. The molecule has 0 saturated carbocycles. The van der Waals surface area contributed by atoms with Crippen LogP contribution in [0.2, 0.25) is 0 Å². The van der Waals surface area contributed by atoms with Gasteiger partial charge in [0, 0.05) is 13.6 Å². The number of sulfone groups is 1. The minimum Gasteiger partial charge on any atom is -0.481 e. The molecule has 0 heterocycles. The Morgan fingerprint density at radius 1 is 1.20 bits per heavy atom. The van der Waals surface area contributed by atoms with Crippen molar-refractivity contribution in [3.05, 3.63) is 35.9 Å². The first-order valence-electron chi connectivity index (χ1n) is 6.00. The second-order valence-corrected chi connectivity index (χ2v) is 6.66. The van der Waals surface area contributed by atoms with Crippen LogP contribution < -0.4 is 0 Å². The van der Waals surface area contributed by atoms with Gasteiger partial charge in [0.25, 0.3) is 0 Å². The monoisotopic (exact) mass is 299 g/mol. The SMILES string of the molecule is CN(Cc1ccccc1)C(=O)CS(=O)(=O)CCC(=O)O.